The highest BCUT2D eigenvalue weighted by Gasteiger charge is 2.25. The van der Waals surface area contributed by atoms with Crippen molar-refractivity contribution in [3.8, 4) is 5.82 Å². The number of nitrogen functional groups attached to an aromatic ring is 1. The minimum atomic E-state index is -0.469. The van der Waals surface area contributed by atoms with Crippen LogP contribution in [0.25, 0.3) is 5.82 Å². The van der Waals surface area contributed by atoms with Crippen molar-refractivity contribution >= 4 is 29.3 Å². The van der Waals surface area contributed by atoms with Gasteiger partial charge in [-0.2, -0.15) is 9.78 Å². The number of hydrogen-bond acceptors (Lipinski definition) is 10. The Morgan fingerprint density at radius 2 is 2.10 bits per heavy atom. The predicted molar refractivity (Wildman–Crippen MR) is 114 cm³/mol. The molecule has 0 spiro atoms. The molecule has 0 aliphatic heterocycles. The summed E-state index contributed by atoms with van der Waals surface area (Å²) in [7, 11) is 0. The summed E-state index contributed by atoms with van der Waals surface area (Å²) in [6.45, 7) is 8.38. The first-order valence-electron chi connectivity index (χ1n) is 9.68. The fourth-order valence-corrected chi connectivity index (χ4v) is 3.72. The van der Waals surface area contributed by atoms with Gasteiger partial charge in [0.1, 0.15) is 0 Å². The van der Waals surface area contributed by atoms with Crippen LogP contribution in [0.5, 0.6) is 0 Å². The average molecular weight is 432 g/mol. The van der Waals surface area contributed by atoms with Crippen molar-refractivity contribution in [1.29, 1.82) is 0 Å². The van der Waals surface area contributed by atoms with Crippen molar-refractivity contribution in [1.82, 2.24) is 35.6 Å². The summed E-state index contributed by atoms with van der Waals surface area (Å²) in [5.74, 6) is -0.206. The third kappa shape index (κ3) is 5.07. The van der Waals surface area contributed by atoms with Crippen molar-refractivity contribution in [2.24, 2.45) is 5.10 Å². The molecule has 0 saturated heterocycles. The molecule has 11 nitrogen and oxygen atoms in total. The van der Waals surface area contributed by atoms with Crippen LogP contribution in [0.4, 0.5) is 5.82 Å². The first-order chi connectivity index (χ1) is 14.5. The molecule has 12 heteroatoms. The molecule has 0 saturated carbocycles. The van der Waals surface area contributed by atoms with Crippen molar-refractivity contribution in [3.63, 3.8) is 0 Å². The lowest BCUT2D eigenvalue weighted by Gasteiger charge is -2.21. The number of nitrogens with zero attached hydrogens (tertiary/aromatic N) is 7. The van der Waals surface area contributed by atoms with Crippen LogP contribution in [0.1, 0.15) is 52.6 Å². The first-order valence-corrected chi connectivity index (χ1v) is 10.5. The fourth-order valence-electron chi connectivity index (χ4n) is 2.97. The Labute approximate surface area is 177 Å². The number of thiophene rings is 1. The van der Waals surface area contributed by atoms with Gasteiger partial charge in [0.05, 0.1) is 11.9 Å². The molecule has 0 aromatic carbocycles. The highest BCUT2D eigenvalue weighted by Crippen LogP contribution is 2.18. The zero-order chi connectivity index (χ0) is 21.5. The first kappa shape index (κ1) is 21.6. The summed E-state index contributed by atoms with van der Waals surface area (Å²) >= 11 is 1.58. The quantitative estimate of drug-likeness (QED) is 0.367. The van der Waals surface area contributed by atoms with Crippen LogP contribution in [0.15, 0.2) is 21.9 Å². The van der Waals surface area contributed by atoms with E-state index in [0.717, 1.165) is 30.8 Å². The molecule has 0 atom stereocenters. The monoisotopic (exact) mass is 431 g/mol. The number of nitrogens with two attached hydrogens (primary N) is 1. The van der Waals surface area contributed by atoms with Gasteiger partial charge < -0.3 is 5.73 Å². The molecule has 0 fully saturated rings. The molecule has 30 heavy (non-hydrogen) atoms. The zero-order valence-electron chi connectivity index (χ0n) is 17.2. The Morgan fingerprint density at radius 3 is 2.70 bits per heavy atom. The van der Waals surface area contributed by atoms with Gasteiger partial charge in [-0.1, -0.05) is 19.1 Å². The van der Waals surface area contributed by atoms with Crippen molar-refractivity contribution in [2.45, 2.75) is 40.2 Å². The van der Waals surface area contributed by atoms with Crippen LogP contribution >= 0.6 is 11.3 Å². The van der Waals surface area contributed by atoms with Crippen LogP contribution in [0, 0.1) is 6.92 Å². The van der Waals surface area contributed by atoms with E-state index in [1.807, 2.05) is 19.1 Å². The topological polar surface area (TPSA) is 140 Å². The highest BCUT2D eigenvalue weighted by molar-refractivity contribution is 7.13. The van der Waals surface area contributed by atoms with Crippen LogP contribution in [-0.2, 0) is 6.54 Å². The number of anilines is 1. The maximum atomic E-state index is 12.8. The maximum Gasteiger partial charge on any atom is 0.293 e. The highest BCUT2D eigenvalue weighted by atomic mass is 32.1. The molecule has 0 aliphatic carbocycles. The summed E-state index contributed by atoms with van der Waals surface area (Å²) in [6, 6.07) is 3.93. The average Bonchev–Trinajstić information content (AvgIpc) is 3.42. The largest absolute Gasteiger partial charge is 0.378 e. The molecule has 160 valence electrons. The van der Waals surface area contributed by atoms with E-state index in [-0.39, 0.29) is 17.3 Å². The number of nitrogens with one attached hydrogen (secondary N) is 1. The number of aromatic nitrogens is 5. The predicted octanol–water partition coefficient (Wildman–Crippen LogP) is 1.99. The summed E-state index contributed by atoms with van der Waals surface area (Å²) in [4.78, 5) is 17.1. The van der Waals surface area contributed by atoms with E-state index in [4.69, 9.17) is 10.4 Å². The molecule has 0 unspecified atom stereocenters. The molecule has 3 aromatic rings. The SMILES string of the molecule is CCCN(CCC)Cc1c(C(=O)NN=Cc2ccc(C)s2)nnn1-c1nonc1N. The van der Waals surface area contributed by atoms with E-state index in [0.29, 0.717) is 12.2 Å². The van der Waals surface area contributed by atoms with Crippen molar-refractivity contribution in [3.05, 3.63) is 33.3 Å². The molecule has 0 bridgehead atoms. The minimum absolute atomic E-state index is 0.0664. The van der Waals surface area contributed by atoms with Gasteiger partial charge in [-0.3, -0.25) is 9.69 Å². The minimum Gasteiger partial charge on any atom is -0.378 e. The van der Waals surface area contributed by atoms with E-state index in [1.54, 1.807) is 17.6 Å². The molecule has 3 N–H and O–H groups in total. The van der Waals surface area contributed by atoms with Gasteiger partial charge in [0, 0.05) is 16.3 Å². The third-order valence-electron chi connectivity index (χ3n) is 4.25. The molecule has 3 rings (SSSR count). The fraction of sp³-hybridized carbons (Fsp3) is 0.444. The van der Waals surface area contributed by atoms with Crippen LogP contribution in [0.2, 0.25) is 0 Å². The zero-order valence-corrected chi connectivity index (χ0v) is 18.0. The number of carbonyl (C=O) groups is 1. The molecular weight excluding hydrogens is 406 g/mol. The standard InChI is InChI=1S/C18H25N9O2S/c1-4-8-26(9-5-2)11-14-15(21-25-27(14)17-16(19)23-29-24-17)18(28)22-20-10-13-7-6-12(3)30-13/h6-7,10H,4-5,8-9,11H2,1-3H3,(H2,19,23)(H,22,28). The van der Waals surface area contributed by atoms with E-state index in [9.17, 15) is 4.79 Å². The van der Waals surface area contributed by atoms with E-state index >= 15 is 0 Å². The van der Waals surface area contributed by atoms with E-state index in [1.165, 1.54) is 9.56 Å². The van der Waals surface area contributed by atoms with Gasteiger partial charge in [-0.15, -0.1) is 16.4 Å². The Balaban J connectivity index is 1.87. The van der Waals surface area contributed by atoms with E-state index < -0.39 is 5.91 Å². The normalized spacial score (nSPS) is 11.6. The van der Waals surface area contributed by atoms with Gasteiger partial charge >= 0.3 is 0 Å². The molecule has 3 heterocycles. The second kappa shape index (κ2) is 10.1. The smallest absolute Gasteiger partial charge is 0.293 e. The Hall–Kier alpha value is -3.12. The van der Waals surface area contributed by atoms with Crippen LogP contribution in [0.3, 0.4) is 0 Å². The summed E-state index contributed by atoms with van der Waals surface area (Å²) in [5, 5.41) is 19.5. The van der Waals surface area contributed by atoms with Gasteiger partial charge in [-0.05, 0) is 55.3 Å². The summed E-state index contributed by atoms with van der Waals surface area (Å²) in [6.07, 6.45) is 3.54. The van der Waals surface area contributed by atoms with Gasteiger partial charge in [0.25, 0.3) is 5.91 Å². The summed E-state index contributed by atoms with van der Waals surface area (Å²) < 4.78 is 6.08. The second-order valence-corrected chi connectivity index (χ2v) is 8.01. The lowest BCUT2D eigenvalue weighted by molar-refractivity contribution is 0.0947. The van der Waals surface area contributed by atoms with Crippen molar-refractivity contribution in [2.75, 3.05) is 18.8 Å². The van der Waals surface area contributed by atoms with Gasteiger partial charge in [0.2, 0.25) is 11.6 Å². The number of amides is 1. The number of hydrogen-bond donors (Lipinski definition) is 2. The number of hydrazone groups is 1. The molecule has 1 amide bonds. The Kier molecular flexibility index (Phi) is 7.25. The lowest BCUT2D eigenvalue weighted by atomic mass is 10.2. The Bertz CT molecular complexity index is 1000. The Morgan fingerprint density at radius 1 is 1.33 bits per heavy atom. The van der Waals surface area contributed by atoms with Crippen LogP contribution in [-0.4, -0.2) is 55.4 Å². The molecule has 3 aromatic heterocycles. The van der Waals surface area contributed by atoms with Crippen molar-refractivity contribution < 1.29 is 9.42 Å². The summed E-state index contributed by atoms with van der Waals surface area (Å²) in [5.41, 5.74) is 9.04. The number of carbonyl (C=O) groups excluding carboxylic acids is 1. The molecular formula is C18H25N9O2S. The third-order valence-corrected chi connectivity index (χ3v) is 5.18. The maximum absolute atomic E-state index is 12.8. The van der Waals surface area contributed by atoms with E-state index in [2.05, 4.69) is 49.9 Å². The number of aryl methyl sites for hydroxylation is 1. The molecule has 0 aliphatic rings. The van der Waals surface area contributed by atoms with Gasteiger partial charge in [-0.25, -0.2) is 10.1 Å². The van der Waals surface area contributed by atoms with Gasteiger partial charge in [0.15, 0.2) is 5.69 Å². The lowest BCUT2D eigenvalue weighted by Crippen LogP contribution is -2.28. The molecule has 0 radical (unpaired) electrons. The van der Waals surface area contributed by atoms with Crippen LogP contribution < -0.4 is 11.2 Å². The number of rotatable bonds is 10. The second-order valence-electron chi connectivity index (χ2n) is 6.69.